The van der Waals surface area contributed by atoms with Crippen LogP contribution in [0.2, 0.25) is 10.4 Å². The Labute approximate surface area is 117 Å². The molecule has 0 saturated carbocycles. The van der Waals surface area contributed by atoms with E-state index in [2.05, 4.69) is 14.9 Å². The zero-order valence-electron chi connectivity index (χ0n) is 9.27. The normalized spacial score (nSPS) is 17.8. The van der Waals surface area contributed by atoms with Gasteiger partial charge in [0.15, 0.2) is 0 Å². The van der Waals surface area contributed by atoms with Gasteiger partial charge in [-0.05, 0) is 37.5 Å². The highest BCUT2D eigenvalue weighted by Gasteiger charge is 2.17. The van der Waals surface area contributed by atoms with Gasteiger partial charge in [-0.3, -0.25) is 4.90 Å². The summed E-state index contributed by atoms with van der Waals surface area (Å²) in [5, 5.41) is 0.629. The van der Waals surface area contributed by atoms with Crippen molar-refractivity contribution in [3.63, 3.8) is 0 Å². The maximum absolute atomic E-state index is 5.99. The fourth-order valence-electron chi connectivity index (χ4n) is 1.82. The van der Waals surface area contributed by atoms with Crippen LogP contribution in [0, 0.1) is 0 Å². The first-order chi connectivity index (χ1) is 7.65. The molecule has 0 atom stereocenters. The van der Waals surface area contributed by atoms with Crippen molar-refractivity contribution >= 4 is 35.6 Å². The Balaban J connectivity index is 0.00000144. The van der Waals surface area contributed by atoms with E-state index in [0.717, 1.165) is 38.0 Å². The van der Waals surface area contributed by atoms with E-state index in [4.69, 9.17) is 28.9 Å². The molecule has 0 radical (unpaired) electrons. The van der Waals surface area contributed by atoms with Crippen LogP contribution in [0.4, 0.5) is 0 Å². The average molecular weight is 298 g/mol. The predicted molar refractivity (Wildman–Crippen MR) is 71.8 cm³/mol. The lowest BCUT2D eigenvalue weighted by atomic mass is 10.1. The van der Waals surface area contributed by atoms with Gasteiger partial charge in [0.2, 0.25) is 5.28 Å². The van der Waals surface area contributed by atoms with Gasteiger partial charge in [-0.15, -0.1) is 12.4 Å². The van der Waals surface area contributed by atoms with E-state index in [9.17, 15) is 0 Å². The van der Waals surface area contributed by atoms with Crippen LogP contribution in [-0.4, -0.2) is 34.0 Å². The van der Waals surface area contributed by atoms with Crippen LogP contribution < -0.4 is 5.73 Å². The smallest absolute Gasteiger partial charge is 0.223 e. The molecule has 0 unspecified atom stereocenters. The molecular formula is C10H15Cl3N4. The van der Waals surface area contributed by atoms with Crippen molar-refractivity contribution < 1.29 is 0 Å². The Kier molecular flexibility index (Phi) is 5.89. The Morgan fingerprint density at radius 1 is 1.35 bits per heavy atom. The molecule has 0 aromatic carbocycles. The quantitative estimate of drug-likeness (QED) is 0.671. The molecule has 2 heterocycles. The number of halogens is 3. The minimum atomic E-state index is 0. The first-order valence-corrected chi connectivity index (χ1v) is 6.05. The minimum absolute atomic E-state index is 0. The molecule has 2 N–H and O–H groups in total. The van der Waals surface area contributed by atoms with Gasteiger partial charge in [0.1, 0.15) is 5.15 Å². The van der Waals surface area contributed by atoms with Gasteiger partial charge in [-0.25, -0.2) is 9.97 Å². The van der Waals surface area contributed by atoms with Gasteiger partial charge in [0.05, 0.1) is 0 Å². The second kappa shape index (κ2) is 6.71. The van der Waals surface area contributed by atoms with E-state index < -0.39 is 0 Å². The van der Waals surface area contributed by atoms with Crippen molar-refractivity contribution in [2.45, 2.75) is 25.4 Å². The van der Waals surface area contributed by atoms with Crippen molar-refractivity contribution in [2.24, 2.45) is 5.73 Å². The van der Waals surface area contributed by atoms with Gasteiger partial charge in [-0.2, -0.15) is 0 Å². The van der Waals surface area contributed by atoms with Gasteiger partial charge in [0, 0.05) is 24.3 Å². The molecule has 17 heavy (non-hydrogen) atoms. The maximum atomic E-state index is 5.99. The molecule has 96 valence electrons. The second-order valence-corrected chi connectivity index (χ2v) is 4.76. The largest absolute Gasteiger partial charge is 0.328 e. The summed E-state index contributed by atoms with van der Waals surface area (Å²) in [5.41, 5.74) is 6.76. The highest BCUT2D eigenvalue weighted by Crippen LogP contribution is 2.18. The molecule has 0 aliphatic carbocycles. The number of nitrogens with two attached hydrogens (primary N) is 1. The molecule has 1 fully saturated rings. The Bertz CT molecular complexity index is 367. The third kappa shape index (κ3) is 4.23. The summed E-state index contributed by atoms with van der Waals surface area (Å²) in [6.45, 7) is 2.77. The van der Waals surface area contributed by atoms with E-state index in [-0.39, 0.29) is 17.7 Å². The first kappa shape index (κ1) is 14.9. The molecule has 1 aromatic rings. The summed E-state index contributed by atoms with van der Waals surface area (Å²) in [5.74, 6) is 0. The number of rotatable bonds is 2. The SMILES string of the molecule is Cl.NC1CCN(Cc2cnc(Cl)nc2Cl)CC1. The molecule has 7 heteroatoms. The van der Waals surface area contributed by atoms with Crippen LogP contribution in [0.3, 0.4) is 0 Å². The number of aromatic nitrogens is 2. The fraction of sp³-hybridized carbons (Fsp3) is 0.600. The monoisotopic (exact) mass is 296 g/mol. The summed E-state index contributed by atoms with van der Waals surface area (Å²) in [4.78, 5) is 10.2. The van der Waals surface area contributed by atoms with E-state index in [0.29, 0.717) is 11.2 Å². The Hall–Kier alpha value is -0.130. The molecule has 2 rings (SSSR count). The highest BCUT2D eigenvalue weighted by molar-refractivity contribution is 6.32. The summed E-state index contributed by atoms with van der Waals surface area (Å²) in [7, 11) is 0. The molecule has 0 spiro atoms. The Morgan fingerprint density at radius 3 is 2.59 bits per heavy atom. The lowest BCUT2D eigenvalue weighted by Crippen LogP contribution is -2.39. The average Bonchev–Trinajstić information content (AvgIpc) is 2.25. The van der Waals surface area contributed by atoms with Crippen LogP contribution in [0.15, 0.2) is 6.20 Å². The lowest BCUT2D eigenvalue weighted by molar-refractivity contribution is 0.205. The van der Waals surface area contributed by atoms with Crippen LogP contribution in [0.5, 0.6) is 0 Å². The zero-order valence-corrected chi connectivity index (χ0v) is 11.6. The second-order valence-electron chi connectivity index (χ2n) is 4.07. The lowest BCUT2D eigenvalue weighted by Gasteiger charge is -2.29. The van der Waals surface area contributed by atoms with E-state index in [1.807, 2.05) is 0 Å². The van der Waals surface area contributed by atoms with E-state index in [1.165, 1.54) is 0 Å². The Morgan fingerprint density at radius 2 is 2.00 bits per heavy atom. The molecule has 1 aliphatic rings. The molecular weight excluding hydrogens is 282 g/mol. The van der Waals surface area contributed by atoms with E-state index >= 15 is 0 Å². The van der Waals surface area contributed by atoms with Gasteiger partial charge < -0.3 is 5.73 Å². The molecule has 0 bridgehead atoms. The number of piperidine rings is 1. The van der Waals surface area contributed by atoms with Crippen LogP contribution >= 0.6 is 35.6 Å². The van der Waals surface area contributed by atoms with Crippen molar-refractivity contribution in [3.05, 3.63) is 22.2 Å². The molecule has 4 nitrogen and oxygen atoms in total. The van der Waals surface area contributed by atoms with Crippen LogP contribution in [0.1, 0.15) is 18.4 Å². The maximum Gasteiger partial charge on any atom is 0.223 e. The van der Waals surface area contributed by atoms with Crippen LogP contribution in [0.25, 0.3) is 0 Å². The predicted octanol–water partition coefficient (Wildman–Crippen LogP) is 2.13. The molecule has 0 amide bonds. The summed E-state index contributed by atoms with van der Waals surface area (Å²) >= 11 is 11.6. The highest BCUT2D eigenvalue weighted by atomic mass is 35.5. The van der Waals surface area contributed by atoms with Crippen molar-refractivity contribution in [2.75, 3.05) is 13.1 Å². The zero-order chi connectivity index (χ0) is 11.5. The van der Waals surface area contributed by atoms with Gasteiger partial charge >= 0.3 is 0 Å². The van der Waals surface area contributed by atoms with E-state index in [1.54, 1.807) is 6.20 Å². The third-order valence-electron chi connectivity index (χ3n) is 2.81. The van der Waals surface area contributed by atoms with Gasteiger partial charge in [-0.1, -0.05) is 11.6 Å². The number of hydrogen-bond donors (Lipinski definition) is 1. The van der Waals surface area contributed by atoms with Crippen molar-refractivity contribution in [1.29, 1.82) is 0 Å². The van der Waals surface area contributed by atoms with Crippen LogP contribution in [-0.2, 0) is 6.54 Å². The van der Waals surface area contributed by atoms with Gasteiger partial charge in [0.25, 0.3) is 0 Å². The summed E-state index contributed by atoms with van der Waals surface area (Å²) in [6, 6.07) is 0.341. The molecule has 1 aliphatic heterocycles. The summed E-state index contributed by atoms with van der Waals surface area (Å²) < 4.78 is 0. The van der Waals surface area contributed by atoms with Crippen molar-refractivity contribution in [3.8, 4) is 0 Å². The number of hydrogen-bond acceptors (Lipinski definition) is 4. The fourth-order valence-corrected chi connectivity index (χ4v) is 2.19. The minimum Gasteiger partial charge on any atom is -0.328 e. The number of nitrogens with zero attached hydrogens (tertiary/aromatic N) is 3. The number of likely N-dealkylation sites (tertiary alicyclic amines) is 1. The standard InChI is InChI=1S/C10H14Cl2N4.ClH/c11-9-7(5-14-10(12)15-9)6-16-3-1-8(13)2-4-16;/h5,8H,1-4,6,13H2;1H. The summed E-state index contributed by atoms with van der Waals surface area (Å²) in [6.07, 6.45) is 3.75. The topological polar surface area (TPSA) is 55.0 Å². The molecule has 1 saturated heterocycles. The third-order valence-corrected chi connectivity index (χ3v) is 3.32. The molecule has 1 aromatic heterocycles. The van der Waals surface area contributed by atoms with Crippen molar-refractivity contribution in [1.82, 2.24) is 14.9 Å². The first-order valence-electron chi connectivity index (χ1n) is 5.30.